The number of nitrogens with one attached hydrogen (secondary N) is 1. The Kier molecular flexibility index (Phi) is 7.86. The van der Waals surface area contributed by atoms with E-state index in [1.807, 2.05) is 0 Å². The number of halogens is 6. The second-order valence-corrected chi connectivity index (χ2v) is 8.02. The van der Waals surface area contributed by atoms with E-state index in [1.54, 1.807) is 0 Å². The first-order valence-corrected chi connectivity index (χ1v) is 10.4. The number of nitrogens with zero attached hydrogens (tertiary/aromatic N) is 4. The van der Waals surface area contributed by atoms with Gasteiger partial charge in [-0.25, -0.2) is 13.2 Å². The molecule has 196 valence electrons. The maximum Gasteiger partial charge on any atom is 0.451 e. The Morgan fingerprint density at radius 1 is 1.00 bits per heavy atom. The average Bonchev–Trinajstić information content (AvgIpc) is 3.20. The van der Waals surface area contributed by atoms with Crippen LogP contribution < -0.4 is 5.32 Å². The molecule has 0 fully saturated rings. The van der Waals surface area contributed by atoms with Gasteiger partial charge in [0.25, 0.3) is 0 Å². The van der Waals surface area contributed by atoms with Crippen LogP contribution in [0.5, 0.6) is 0 Å². The fourth-order valence-electron chi connectivity index (χ4n) is 3.77. The first-order chi connectivity index (χ1) is 16.8. The summed E-state index contributed by atoms with van der Waals surface area (Å²) in [5, 5.41) is 27.2. The van der Waals surface area contributed by atoms with Crippen LogP contribution in [-0.2, 0) is 40.1 Å². The zero-order valence-electron chi connectivity index (χ0n) is 18.2. The van der Waals surface area contributed by atoms with Crippen LogP contribution in [0.3, 0.4) is 0 Å². The fourth-order valence-corrected chi connectivity index (χ4v) is 3.77. The molecule has 1 aliphatic rings. The standard InChI is InChI=1S/C20H19F6N5O5/c21-11-6-13(23)12(22)4-9(11)3-10(27-14(18(35)36)7-17(33)34)5-16(32)30-1-2-31-15(8-30)28-29-19(31)20(24,25)26/h4,6,10,14,27H,1-3,5,7-8H2,(H,33,34)(H,35,36)/t10-,14+/m1/s1. The molecule has 1 aromatic carbocycles. The molecule has 0 bridgehead atoms. The SMILES string of the molecule is O=C(O)C[C@H](N[C@@H](CC(=O)N1CCn2c(nnc2C(F)(F)F)C1)Cc1cc(F)c(F)cc1F)C(=O)O. The fraction of sp³-hybridized carbons (Fsp3) is 0.450. The number of carboxylic acids is 2. The second-order valence-electron chi connectivity index (χ2n) is 8.02. The lowest BCUT2D eigenvalue weighted by molar-refractivity contribution is -0.148. The number of carboxylic acid groups (broad SMARTS) is 2. The zero-order chi connectivity index (χ0) is 26.8. The van der Waals surface area contributed by atoms with Gasteiger partial charge in [0.15, 0.2) is 17.5 Å². The molecular formula is C20H19F6N5O5. The van der Waals surface area contributed by atoms with Gasteiger partial charge in [0.2, 0.25) is 11.7 Å². The van der Waals surface area contributed by atoms with Gasteiger partial charge in [0.05, 0.1) is 13.0 Å². The number of rotatable bonds is 9. The third-order valence-corrected chi connectivity index (χ3v) is 5.45. The Hall–Kier alpha value is -3.69. The lowest BCUT2D eigenvalue weighted by Crippen LogP contribution is -2.48. The van der Waals surface area contributed by atoms with Gasteiger partial charge in [-0.3, -0.25) is 14.4 Å². The Bertz CT molecular complexity index is 1170. The molecule has 1 aliphatic heterocycles. The van der Waals surface area contributed by atoms with E-state index in [0.717, 1.165) is 9.47 Å². The van der Waals surface area contributed by atoms with Gasteiger partial charge in [-0.05, 0) is 18.1 Å². The van der Waals surface area contributed by atoms with Crippen LogP contribution in [-0.4, -0.2) is 66.4 Å². The summed E-state index contributed by atoms with van der Waals surface area (Å²) >= 11 is 0. The van der Waals surface area contributed by atoms with Crippen LogP contribution in [0, 0.1) is 17.5 Å². The van der Waals surface area contributed by atoms with Gasteiger partial charge in [-0.1, -0.05) is 0 Å². The summed E-state index contributed by atoms with van der Waals surface area (Å²) in [6.45, 7) is -0.821. The number of alkyl halides is 3. The molecule has 0 radical (unpaired) electrons. The van der Waals surface area contributed by atoms with Crippen molar-refractivity contribution in [2.75, 3.05) is 6.54 Å². The molecular weight excluding hydrogens is 504 g/mol. The maximum atomic E-state index is 14.2. The largest absolute Gasteiger partial charge is 0.481 e. The summed E-state index contributed by atoms with van der Waals surface area (Å²) in [6.07, 6.45) is -6.76. The van der Waals surface area contributed by atoms with E-state index in [0.29, 0.717) is 6.07 Å². The van der Waals surface area contributed by atoms with Crippen LogP contribution >= 0.6 is 0 Å². The highest BCUT2D eigenvalue weighted by molar-refractivity contribution is 5.81. The number of aromatic nitrogens is 3. The van der Waals surface area contributed by atoms with Gasteiger partial charge in [0.1, 0.15) is 11.9 Å². The lowest BCUT2D eigenvalue weighted by atomic mass is 10.00. The highest BCUT2D eigenvalue weighted by Gasteiger charge is 2.40. The Balaban J connectivity index is 1.81. The molecule has 0 saturated heterocycles. The van der Waals surface area contributed by atoms with Crippen molar-refractivity contribution in [3.05, 3.63) is 46.8 Å². The quantitative estimate of drug-likeness (QED) is 0.333. The zero-order valence-corrected chi connectivity index (χ0v) is 18.2. The van der Waals surface area contributed by atoms with E-state index in [9.17, 15) is 45.8 Å². The number of hydrogen-bond acceptors (Lipinski definition) is 6. The number of fused-ring (bicyclic) bond motifs is 1. The smallest absolute Gasteiger partial charge is 0.451 e. The topological polar surface area (TPSA) is 138 Å². The first-order valence-electron chi connectivity index (χ1n) is 10.4. The predicted octanol–water partition coefficient (Wildman–Crippen LogP) is 1.58. The number of carbonyl (C=O) groups is 3. The number of carbonyl (C=O) groups excluding carboxylic acids is 1. The molecule has 0 unspecified atom stereocenters. The molecule has 0 spiro atoms. The summed E-state index contributed by atoms with van der Waals surface area (Å²) in [4.78, 5) is 36.5. The summed E-state index contributed by atoms with van der Waals surface area (Å²) in [5.74, 6) is -9.21. The molecule has 1 aromatic heterocycles. The van der Waals surface area contributed by atoms with Gasteiger partial charge in [-0.15, -0.1) is 10.2 Å². The molecule has 2 aromatic rings. The molecule has 2 heterocycles. The minimum atomic E-state index is -4.75. The van der Waals surface area contributed by atoms with E-state index in [-0.39, 0.29) is 31.5 Å². The number of benzene rings is 1. The molecule has 3 N–H and O–H groups in total. The van der Waals surface area contributed by atoms with Crippen molar-refractivity contribution in [3.8, 4) is 0 Å². The molecule has 16 heteroatoms. The van der Waals surface area contributed by atoms with Crippen LogP contribution in [0.1, 0.15) is 30.1 Å². The van der Waals surface area contributed by atoms with E-state index in [1.165, 1.54) is 0 Å². The van der Waals surface area contributed by atoms with Gasteiger partial charge >= 0.3 is 18.1 Å². The summed E-state index contributed by atoms with van der Waals surface area (Å²) in [5.41, 5.74) is -0.410. The van der Waals surface area contributed by atoms with Crippen molar-refractivity contribution in [1.29, 1.82) is 0 Å². The van der Waals surface area contributed by atoms with Gasteiger partial charge in [0, 0.05) is 31.6 Å². The minimum absolute atomic E-state index is 0.146. The van der Waals surface area contributed by atoms with Crippen molar-refractivity contribution in [2.24, 2.45) is 0 Å². The normalized spacial score (nSPS) is 15.3. The third-order valence-electron chi connectivity index (χ3n) is 5.45. The Morgan fingerprint density at radius 2 is 1.67 bits per heavy atom. The van der Waals surface area contributed by atoms with Crippen LogP contribution in [0.15, 0.2) is 12.1 Å². The summed E-state index contributed by atoms with van der Waals surface area (Å²) in [6, 6.07) is -2.18. The van der Waals surface area contributed by atoms with Gasteiger partial charge in [-0.2, -0.15) is 13.2 Å². The Labute approximate surface area is 198 Å². The van der Waals surface area contributed by atoms with Gasteiger partial charge < -0.3 is 25.0 Å². The van der Waals surface area contributed by atoms with Crippen LogP contribution in [0.2, 0.25) is 0 Å². The van der Waals surface area contributed by atoms with E-state index < -0.39 is 84.2 Å². The Morgan fingerprint density at radius 3 is 2.28 bits per heavy atom. The van der Waals surface area contributed by atoms with Crippen molar-refractivity contribution in [3.63, 3.8) is 0 Å². The van der Waals surface area contributed by atoms with Crippen LogP contribution in [0.25, 0.3) is 0 Å². The highest BCUT2D eigenvalue weighted by atomic mass is 19.4. The lowest BCUT2D eigenvalue weighted by Gasteiger charge is -2.30. The third kappa shape index (κ3) is 6.30. The van der Waals surface area contributed by atoms with E-state index in [4.69, 9.17) is 5.11 Å². The summed E-state index contributed by atoms with van der Waals surface area (Å²) < 4.78 is 81.0. The van der Waals surface area contributed by atoms with Crippen LogP contribution in [0.4, 0.5) is 26.3 Å². The van der Waals surface area contributed by atoms with Crippen molar-refractivity contribution in [2.45, 2.75) is 50.6 Å². The molecule has 1 amide bonds. The molecule has 0 aliphatic carbocycles. The molecule has 3 rings (SSSR count). The number of hydrogen-bond donors (Lipinski definition) is 3. The van der Waals surface area contributed by atoms with E-state index in [2.05, 4.69) is 15.5 Å². The van der Waals surface area contributed by atoms with Crippen molar-refractivity contribution < 1.29 is 50.9 Å². The maximum absolute atomic E-state index is 14.2. The number of aliphatic carboxylic acids is 2. The predicted molar refractivity (Wildman–Crippen MR) is 106 cm³/mol. The van der Waals surface area contributed by atoms with E-state index >= 15 is 0 Å². The highest BCUT2D eigenvalue weighted by Crippen LogP contribution is 2.29. The molecule has 36 heavy (non-hydrogen) atoms. The second kappa shape index (κ2) is 10.5. The molecule has 0 saturated carbocycles. The monoisotopic (exact) mass is 523 g/mol. The molecule has 10 nitrogen and oxygen atoms in total. The first kappa shape index (κ1) is 26.9. The van der Waals surface area contributed by atoms with Crippen molar-refractivity contribution in [1.82, 2.24) is 25.0 Å². The molecule has 2 atom stereocenters. The van der Waals surface area contributed by atoms with Crippen molar-refractivity contribution >= 4 is 17.8 Å². The minimum Gasteiger partial charge on any atom is -0.481 e. The number of amides is 1. The summed E-state index contributed by atoms with van der Waals surface area (Å²) in [7, 11) is 0. The average molecular weight is 523 g/mol.